The van der Waals surface area contributed by atoms with Crippen molar-refractivity contribution in [1.82, 2.24) is 14.7 Å². The number of nitrogens with two attached hydrogens (primary N) is 1. The molecule has 2 heterocycles. The van der Waals surface area contributed by atoms with E-state index in [1.165, 1.54) is 11.3 Å². The summed E-state index contributed by atoms with van der Waals surface area (Å²) < 4.78 is 1.93. The summed E-state index contributed by atoms with van der Waals surface area (Å²) >= 11 is 0. The highest BCUT2D eigenvalue weighted by atomic mass is 16.3. The summed E-state index contributed by atoms with van der Waals surface area (Å²) in [6, 6.07) is 9.52. The van der Waals surface area contributed by atoms with E-state index in [1.54, 1.807) is 0 Å². The number of carbonyl (C=O) groups is 1. The lowest BCUT2D eigenvalue weighted by molar-refractivity contribution is -0.132. The van der Waals surface area contributed by atoms with Gasteiger partial charge in [0.2, 0.25) is 5.91 Å². The lowest BCUT2D eigenvalue weighted by atomic mass is 10.0. The second-order valence-electron chi connectivity index (χ2n) is 6.21. The molecule has 0 unspecified atom stereocenters. The molecule has 6 heteroatoms. The van der Waals surface area contributed by atoms with Crippen molar-refractivity contribution < 1.29 is 9.90 Å². The minimum absolute atomic E-state index is 0.0664. The molecule has 0 aliphatic carbocycles. The third-order valence-electron chi connectivity index (χ3n) is 4.64. The molecule has 1 amide bonds. The van der Waals surface area contributed by atoms with Crippen LogP contribution in [0.2, 0.25) is 0 Å². The molecule has 24 heavy (non-hydrogen) atoms. The molecule has 0 spiro atoms. The van der Waals surface area contributed by atoms with Crippen molar-refractivity contribution in [1.29, 1.82) is 0 Å². The van der Waals surface area contributed by atoms with Gasteiger partial charge in [0.1, 0.15) is 0 Å². The van der Waals surface area contributed by atoms with E-state index in [4.69, 9.17) is 15.9 Å². The molecule has 2 aromatic rings. The van der Waals surface area contributed by atoms with Crippen molar-refractivity contribution in [2.45, 2.75) is 25.3 Å². The van der Waals surface area contributed by atoms with Crippen LogP contribution >= 0.6 is 0 Å². The van der Waals surface area contributed by atoms with E-state index in [2.05, 4.69) is 12.1 Å². The maximum Gasteiger partial charge on any atom is 0.239 e. The van der Waals surface area contributed by atoms with Crippen LogP contribution in [-0.4, -0.2) is 51.4 Å². The number of nitrogens with zero attached hydrogens (tertiary/aromatic N) is 3. The number of aryl methyl sites for hydroxylation is 1. The number of amides is 1. The van der Waals surface area contributed by atoms with Crippen molar-refractivity contribution in [2.75, 3.05) is 19.7 Å². The van der Waals surface area contributed by atoms with Crippen LogP contribution in [0.5, 0.6) is 0 Å². The lowest BCUT2D eigenvalue weighted by Crippen LogP contribution is -2.45. The first-order valence-corrected chi connectivity index (χ1v) is 8.37. The Morgan fingerprint density at radius 2 is 2.00 bits per heavy atom. The second kappa shape index (κ2) is 7.15. The van der Waals surface area contributed by atoms with E-state index in [-0.39, 0.29) is 12.5 Å². The van der Waals surface area contributed by atoms with Crippen molar-refractivity contribution in [2.24, 2.45) is 12.8 Å². The molecule has 0 saturated heterocycles. The summed E-state index contributed by atoms with van der Waals surface area (Å²) in [5.74, 6) is -0.0777. The number of fused-ring (bicyclic) bond motifs is 1. The van der Waals surface area contributed by atoms with E-state index < -0.39 is 6.04 Å². The largest absolute Gasteiger partial charge is 0.396 e. The zero-order valence-corrected chi connectivity index (χ0v) is 14.0. The van der Waals surface area contributed by atoms with Gasteiger partial charge in [-0.05, 0) is 12.8 Å². The third kappa shape index (κ3) is 3.20. The maximum atomic E-state index is 12.4. The van der Waals surface area contributed by atoms with Gasteiger partial charge in [0, 0.05) is 50.0 Å². The van der Waals surface area contributed by atoms with Gasteiger partial charge in [-0.25, -0.2) is 0 Å². The lowest BCUT2D eigenvalue weighted by Gasteiger charge is -2.23. The average molecular weight is 328 g/mol. The van der Waals surface area contributed by atoms with Crippen molar-refractivity contribution >= 4 is 5.91 Å². The van der Waals surface area contributed by atoms with E-state index in [1.807, 2.05) is 34.8 Å². The Kier molecular flexibility index (Phi) is 4.97. The number of hydrogen-bond acceptors (Lipinski definition) is 4. The van der Waals surface area contributed by atoms with Gasteiger partial charge in [-0.2, -0.15) is 5.10 Å². The van der Waals surface area contributed by atoms with Crippen molar-refractivity contribution in [3.8, 4) is 11.3 Å². The van der Waals surface area contributed by atoms with Crippen LogP contribution in [-0.2, 0) is 24.7 Å². The van der Waals surface area contributed by atoms with Crippen molar-refractivity contribution in [3.05, 3.63) is 41.6 Å². The Labute approximate surface area is 141 Å². The molecule has 1 aliphatic heterocycles. The first kappa shape index (κ1) is 16.7. The Balaban J connectivity index is 1.83. The van der Waals surface area contributed by atoms with Crippen LogP contribution in [0.4, 0.5) is 0 Å². The molecule has 0 fully saturated rings. The summed E-state index contributed by atoms with van der Waals surface area (Å²) in [6.45, 7) is 1.21. The van der Waals surface area contributed by atoms with Gasteiger partial charge in [0.25, 0.3) is 0 Å². The van der Waals surface area contributed by atoms with Gasteiger partial charge >= 0.3 is 0 Å². The SMILES string of the molecule is Cn1nc(-c2ccccc2)c2c1CCN(C(=O)[C@@H](N)CCO)CC2. The van der Waals surface area contributed by atoms with Crippen molar-refractivity contribution in [3.63, 3.8) is 0 Å². The van der Waals surface area contributed by atoms with Gasteiger partial charge in [-0.3, -0.25) is 9.48 Å². The highest BCUT2D eigenvalue weighted by Gasteiger charge is 2.26. The summed E-state index contributed by atoms with van der Waals surface area (Å²) in [5.41, 5.74) is 10.4. The third-order valence-corrected chi connectivity index (χ3v) is 4.64. The van der Waals surface area contributed by atoms with Crippen LogP contribution in [0.15, 0.2) is 30.3 Å². The summed E-state index contributed by atoms with van der Waals surface area (Å²) in [7, 11) is 1.96. The summed E-state index contributed by atoms with van der Waals surface area (Å²) in [6.07, 6.45) is 1.84. The van der Waals surface area contributed by atoms with E-state index in [9.17, 15) is 4.79 Å². The fourth-order valence-electron chi connectivity index (χ4n) is 3.32. The number of aliphatic hydroxyl groups is 1. The smallest absolute Gasteiger partial charge is 0.239 e. The molecule has 3 rings (SSSR count). The summed E-state index contributed by atoms with van der Waals surface area (Å²) in [5, 5.41) is 13.7. The molecule has 0 saturated carbocycles. The Bertz CT molecular complexity index is 711. The van der Waals surface area contributed by atoms with Gasteiger partial charge in [-0.1, -0.05) is 30.3 Å². The molecule has 1 aromatic heterocycles. The number of aromatic nitrogens is 2. The highest BCUT2D eigenvalue weighted by molar-refractivity contribution is 5.81. The van der Waals surface area contributed by atoms with Crippen LogP contribution in [0.1, 0.15) is 17.7 Å². The fourth-order valence-corrected chi connectivity index (χ4v) is 3.32. The van der Waals surface area contributed by atoms with Gasteiger partial charge in [0.15, 0.2) is 0 Å². The number of benzene rings is 1. The van der Waals surface area contributed by atoms with Gasteiger partial charge in [0.05, 0.1) is 11.7 Å². The van der Waals surface area contributed by atoms with Crippen LogP contribution < -0.4 is 5.73 Å². The van der Waals surface area contributed by atoms with Crippen LogP contribution in [0, 0.1) is 0 Å². The first-order chi connectivity index (χ1) is 11.6. The monoisotopic (exact) mass is 328 g/mol. The maximum absolute atomic E-state index is 12.4. The Morgan fingerprint density at radius 1 is 1.29 bits per heavy atom. The molecular weight excluding hydrogens is 304 g/mol. The normalized spacial score (nSPS) is 15.7. The number of carbonyl (C=O) groups excluding carboxylic acids is 1. The van der Waals surface area contributed by atoms with E-state index in [0.717, 1.165) is 24.1 Å². The number of rotatable bonds is 4. The van der Waals surface area contributed by atoms with E-state index in [0.29, 0.717) is 19.5 Å². The zero-order valence-electron chi connectivity index (χ0n) is 14.0. The molecule has 0 bridgehead atoms. The fraction of sp³-hybridized carbons (Fsp3) is 0.444. The minimum atomic E-state index is -0.622. The van der Waals surface area contributed by atoms with Crippen LogP contribution in [0.25, 0.3) is 11.3 Å². The molecule has 1 atom stereocenters. The molecular formula is C18H24N4O2. The molecule has 3 N–H and O–H groups in total. The molecule has 1 aliphatic rings. The van der Waals surface area contributed by atoms with Crippen LogP contribution in [0.3, 0.4) is 0 Å². The molecule has 128 valence electrons. The standard InChI is InChI=1S/C18H24N4O2/c1-21-16-8-11-22(18(24)15(19)9-12-23)10-7-14(16)17(20-21)13-5-3-2-4-6-13/h2-6,15,23H,7-12,19H2,1H3/t15-/m0/s1. The number of hydrogen-bond donors (Lipinski definition) is 2. The Morgan fingerprint density at radius 3 is 2.71 bits per heavy atom. The quantitative estimate of drug-likeness (QED) is 0.866. The van der Waals surface area contributed by atoms with Gasteiger partial charge in [-0.15, -0.1) is 0 Å². The Hall–Kier alpha value is -2.18. The summed E-state index contributed by atoms with van der Waals surface area (Å²) in [4.78, 5) is 14.2. The molecule has 6 nitrogen and oxygen atoms in total. The predicted octanol–water partition coefficient (Wildman–Crippen LogP) is 0.724. The topological polar surface area (TPSA) is 84.4 Å². The highest BCUT2D eigenvalue weighted by Crippen LogP contribution is 2.28. The van der Waals surface area contributed by atoms with Gasteiger partial charge < -0.3 is 15.7 Å². The second-order valence-corrected chi connectivity index (χ2v) is 6.21. The van der Waals surface area contributed by atoms with E-state index >= 15 is 0 Å². The number of aliphatic hydroxyl groups excluding tert-OH is 1. The average Bonchev–Trinajstić information content (AvgIpc) is 2.78. The zero-order chi connectivity index (χ0) is 17.1. The minimum Gasteiger partial charge on any atom is -0.396 e. The first-order valence-electron chi connectivity index (χ1n) is 8.37. The molecule has 0 radical (unpaired) electrons. The molecule has 1 aromatic carbocycles. The predicted molar refractivity (Wildman–Crippen MR) is 92.3 cm³/mol.